The summed E-state index contributed by atoms with van der Waals surface area (Å²) >= 11 is 0. The third-order valence-electron chi connectivity index (χ3n) is 5.78. The van der Waals surface area contributed by atoms with Gasteiger partial charge in [-0.25, -0.2) is 14.7 Å². The molecule has 34 heavy (non-hydrogen) atoms. The molecular weight excluding hydrogens is 430 g/mol. The molecule has 1 aliphatic rings. The highest BCUT2D eigenvalue weighted by atomic mass is 16.3. The number of carbonyl (C=O) groups excluding carboxylic acids is 1. The third-order valence-corrected chi connectivity index (χ3v) is 5.78. The van der Waals surface area contributed by atoms with E-state index in [0.717, 1.165) is 36.3 Å². The number of aromatic nitrogens is 4. The van der Waals surface area contributed by atoms with Crippen molar-refractivity contribution in [1.29, 1.82) is 0 Å². The zero-order valence-electron chi connectivity index (χ0n) is 19.4. The zero-order valence-corrected chi connectivity index (χ0v) is 19.4. The molecule has 0 radical (unpaired) electrons. The number of carbonyl (C=O) groups is 1. The fourth-order valence-corrected chi connectivity index (χ4v) is 3.74. The summed E-state index contributed by atoms with van der Waals surface area (Å²) in [7, 11) is 0. The number of benzene rings is 1. The molecule has 0 atom stereocenters. The number of hydrogen-bond donors (Lipinski definition) is 3. The zero-order chi connectivity index (χ0) is 23.8. The molecule has 9 nitrogen and oxygen atoms in total. The van der Waals surface area contributed by atoms with E-state index in [0.29, 0.717) is 49.6 Å². The van der Waals surface area contributed by atoms with Crippen molar-refractivity contribution in [2.24, 2.45) is 4.99 Å². The Balaban J connectivity index is 1.47. The molecule has 1 amide bonds. The maximum absolute atomic E-state index is 13.0. The number of aliphatic hydroxyl groups is 1. The van der Waals surface area contributed by atoms with E-state index < -0.39 is 0 Å². The SMILES string of the molecule is CCCCNc1ncc(C(=O)NCc2ccc(-n3cccn3)cc2)c(N=C2CCC(O)CC2)n1. The number of hydrogen-bond acceptors (Lipinski definition) is 7. The van der Waals surface area contributed by atoms with Gasteiger partial charge in [-0.3, -0.25) is 4.79 Å². The van der Waals surface area contributed by atoms with Gasteiger partial charge in [-0.05, 0) is 55.9 Å². The van der Waals surface area contributed by atoms with Crippen molar-refractivity contribution in [3.8, 4) is 5.69 Å². The van der Waals surface area contributed by atoms with Crippen LogP contribution in [-0.4, -0.2) is 49.1 Å². The number of nitrogens with zero attached hydrogens (tertiary/aromatic N) is 5. The Morgan fingerprint density at radius 3 is 2.74 bits per heavy atom. The lowest BCUT2D eigenvalue weighted by molar-refractivity contribution is 0.0951. The Labute approximate surface area is 199 Å². The summed E-state index contributed by atoms with van der Waals surface area (Å²) in [6, 6.07) is 9.72. The average molecular weight is 462 g/mol. The largest absolute Gasteiger partial charge is 0.393 e. The van der Waals surface area contributed by atoms with E-state index in [2.05, 4.69) is 32.6 Å². The molecule has 0 saturated heterocycles. The van der Waals surface area contributed by atoms with Crippen molar-refractivity contribution in [3.05, 3.63) is 60.0 Å². The molecule has 2 aromatic heterocycles. The number of nitrogens with one attached hydrogen (secondary N) is 2. The second kappa shape index (κ2) is 11.5. The molecule has 3 aromatic rings. The Hall–Kier alpha value is -3.59. The predicted octanol–water partition coefficient (Wildman–Crippen LogP) is 3.81. The molecule has 0 bridgehead atoms. The van der Waals surface area contributed by atoms with Gasteiger partial charge in [0.05, 0.1) is 11.8 Å². The number of rotatable bonds is 9. The molecule has 0 unspecified atom stereocenters. The van der Waals surface area contributed by atoms with Gasteiger partial charge in [-0.2, -0.15) is 10.1 Å². The highest BCUT2D eigenvalue weighted by Gasteiger charge is 2.19. The minimum Gasteiger partial charge on any atom is -0.393 e. The van der Waals surface area contributed by atoms with Crippen LogP contribution in [0.4, 0.5) is 11.8 Å². The Kier molecular flexibility index (Phi) is 7.98. The third kappa shape index (κ3) is 6.26. The topological polar surface area (TPSA) is 117 Å². The fraction of sp³-hybridized carbons (Fsp3) is 0.400. The van der Waals surface area contributed by atoms with Crippen LogP contribution in [-0.2, 0) is 6.54 Å². The fourth-order valence-electron chi connectivity index (χ4n) is 3.74. The highest BCUT2D eigenvalue weighted by molar-refractivity contribution is 5.99. The van der Waals surface area contributed by atoms with Crippen LogP contribution in [0.25, 0.3) is 5.69 Å². The molecule has 0 aliphatic heterocycles. The van der Waals surface area contributed by atoms with Gasteiger partial charge < -0.3 is 15.7 Å². The lowest BCUT2D eigenvalue weighted by atomic mass is 9.96. The van der Waals surface area contributed by atoms with Crippen molar-refractivity contribution in [2.75, 3.05) is 11.9 Å². The van der Waals surface area contributed by atoms with Crippen LogP contribution in [0.5, 0.6) is 0 Å². The van der Waals surface area contributed by atoms with Crippen LogP contribution in [0, 0.1) is 0 Å². The van der Waals surface area contributed by atoms with Crippen LogP contribution < -0.4 is 10.6 Å². The summed E-state index contributed by atoms with van der Waals surface area (Å²) in [5.41, 5.74) is 3.21. The molecule has 2 heterocycles. The predicted molar refractivity (Wildman–Crippen MR) is 132 cm³/mol. The van der Waals surface area contributed by atoms with Gasteiger partial charge in [0.1, 0.15) is 5.56 Å². The van der Waals surface area contributed by atoms with Gasteiger partial charge in [-0.15, -0.1) is 0 Å². The molecule has 178 valence electrons. The van der Waals surface area contributed by atoms with Crippen molar-refractivity contribution in [2.45, 2.75) is 58.1 Å². The average Bonchev–Trinajstić information content (AvgIpc) is 3.40. The van der Waals surface area contributed by atoms with E-state index in [-0.39, 0.29) is 12.0 Å². The Morgan fingerprint density at radius 1 is 1.24 bits per heavy atom. The number of aliphatic hydroxyl groups excluding tert-OH is 1. The van der Waals surface area contributed by atoms with Gasteiger partial charge in [-0.1, -0.05) is 25.5 Å². The van der Waals surface area contributed by atoms with E-state index >= 15 is 0 Å². The van der Waals surface area contributed by atoms with Crippen LogP contribution in [0.15, 0.2) is 53.9 Å². The van der Waals surface area contributed by atoms with Gasteiger partial charge in [0.2, 0.25) is 5.95 Å². The minimum atomic E-state index is -0.280. The highest BCUT2D eigenvalue weighted by Crippen LogP contribution is 2.23. The molecule has 1 aliphatic carbocycles. The molecule has 0 spiro atoms. The first-order valence-electron chi connectivity index (χ1n) is 11.8. The first kappa shape index (κ1) is 23.6. The van der Waals surface area contributed by atoms with Gasteiger partial charge in [0.25, 0.3) is 5.91 Å². The second-order valence-electron chi connectivity index (χ2n) is 8.42. The van der Waals surface area contributed by atoms with Gasteiger partial charge in [0.15, 0.2) is 5.82 Å². The van der Waals surface area contributed by atoms with E-state index in [1.807, 2.05) is 36.5 Å². The lowest BCUT2D eigenvalue weighted by Crippen LogP contribution is -2.24. The lowest BCUT2D eigenvalue weighted by Gasteiger charge is -2.18. The van der Waals surface area contributed by atoms with Crippen LogP contribution in [0.2, 0.25) is 0 Å². The van der Waals surface area contributed by atoms with E-state index in [1.54, 1.807) is 10.9 Å². The molecule has 4 rings (SSSR count). The van der Waals surface area contributed by atoms with Gasteiger partial charge in [0, 0.05) is 37.4 Å². The quantitative estimate of drug-likeness (QED) is 0.417. The Bertz CT molecular complexity index is 1100. The molecule has 1 aromatic carbocycles. The monoisotopic (exact) mass is 461 g/mol. The summed E-state index contributed by atoms with van der Waals surface area (Å²) < 4.78 is 1.78. The summed E-state index contributed by atoms with van der Waals surface area (Å²) in [5, 5.41) is 20.2. The number of anilines is 1. The van der Waals surface area contributed by atoms with Crippen LogP contribution in [0.1, 0.15) is 61.4 Å². The molecule has 9 heteroatoms. The molecule has 1 saturated carbocycles. The number of unbranched alkanes of at least 4 members (excludes halogenated alkanes) is 1. The summed E-state index contributed by atoms with van der Waals surface area (Å²) in [4.78, 5) is 26.6. The van der Waals surface area contributed by atoms with Crippen molar-refractivity contribution in [1.82, 2.24) is 25.1 Å². The van der Waals surface area contributed by atoms with Crippen molar-refractivity contribution in [3.63, 3.8) is 0 Å². The van der Waals surface area contributed by atoms with Crippen molar-refractivity contribution >= 4 is 23.4 Å². The standard InChI is InChI=1S/C25H31N7O2/c1-2-3-13-26-25-28-17-22(23(31-25)30-19-7-11-21(33)12-8-19)24(34)27-16-18-5-9-20(10-6-18)32-15-4-14-29-32/h4-6,9-10,14-15,17,21,33H,2-3,7-8,11-13,16H2,1H3,(H,27,34)(H,26,28,31). The minimum absolute atomic E-state index is 0.272. The Morgan fingerprint density at radius 2 is 2.03 bits per heavy atom. The molecular formula is C25H31N7O2. The summed E-state index contributed by atoms with van der Waals surface area (Å²) in [5.74, 6) is 0.563. The van der Waals surface area contributed by atoms with Crippen LogP contribution in [0.3, 0.4) is 0 Å². The molecule has 1 fully saturated rings. The first-order chi connectivity index (χ1) is 16.6. The number of aliphatic imine (C=N–C) groups is 1. The van der Waals surface area contributed by atoms with Crippen molar-refractivity contribution < 1.29 is 9.90 Å². The number of amides is 1. The van der Waals surface area contributed by atoms with Gasteiger partial charge >= 0.3 is 0 Å². The van der Waals surface area contributed by atoms with E-state index in [4.69, 9.17) is 4.99 Å². The summed E-state index contributed by atoms with van der Waals surface area (Å²) in [6.07, 6.45) is 9.71. The molecule has 3 N–H and O–H groups in total. The first-order valence-corrected chi connectivity index (χ1v) is 11.8. The second-order valence-corrected chi connectivity index (χ2v) is 8.42. The maximum Gasteiger partial charge on any atom is 0.256 e. The van der Waals surface area contributed by atoms with E-state index in [9.17, 15) is 9.90 Å². The van der Waals surface area contributed by atoms with Crippen LogP contribution >= 0.6 is 0 Å². The summed E-state index contributed by atoms with van der Waals surface area (Å²) in [6.45, 7) is 3.26. The maximum atomic E-state index is 13.0. The van der Waals surface area contributed by atoms with E-state index in [1.165, 1.54) is 6.20 Å². The normalized spacial score (nSPS) is 15.7. The smallest absolute Gasteiger partial charge is 0.256 e.